The van der Waals surface area contributed by atoms with Gasteiger partial charge in [0.2, 0.25) is 0 Å². The van der Waals surface area contributed by atoms with Gasteiger partial charge in [0.25, 0.3) is 11.5 Å². The van der Waals surface area contributed by atoms with Crippen LogP contribution in [0.4, 0.5) is 0 Å². The van der Waals surface area contributed by atoms with Crippen LogP contribution in [0.5, 0.6) is 0 Å². The van der Waals surface area contributed by atoms with E-state index in [2.05, 4.69) is 15.5 Å². The third kappa shape index (κ3) is 4.41. The van der Waals surface area contributed by atoms with Crippen molar-refractivity contribution >= 4 is 34.6 Å². The number of hydrogen-bond acceptors (Lipinski definition) is 5. The summed E-state index contributed by atoms with van der Waals surface area (Å²) in [6, 6.07) is 12.9. The van der Waals surface area contributed by atoms with Crippen LogP contribution in [-0.4, -0.2) is 29.3 Å². The molecule has 1 unspecified atom stereocenters. The number of hydrogen-bond donors (Lipinski definition) is 2. The predicted molar refractivity (Wildman–Crippen MR) is 115 cm³/mol. The summed E-state index contributed by atoms with van der Waals surface area (Å²) in [6.45, 7) is 2.29. The van der Waals surface area contributed by atoms with Crippen LogP contribution in [0.3, 0.4) is 0 Å². The van der Waals surface area contributed by atoms with Crippen LogP contribution in [0.15, 0.2) is 58.6 Å². The van der Waals surface area contributed by atoms with Gasteiger partial charge in [-0.1, -0.05) is 41.0 Å². The van der Waals surface area contributed by atoms with Crippen LogP contribution < -0.4 is 10.9 Å². The minimum absolute atomic E-state index is 0.118. The lowest BCUT2D eigenvalue weighted by Gasteiger charge is -2.09. The average molecular weight is 428 g/mol. The lowest BCUT2D eigenvalue weighted by atomic mass is 10.0. The van der Waals surface area contributed by atoms with Crippen LogP contribution in [0.2, 0.25) is 4.34 Å². The van der Waals surface area contributed by atoms with Crippen molar-refractivity contribution in [2.24, 2.45) is 5.16 Å². The zero-order valence-electron chi connectivity index (χ0n) is 15.6. The van der Waals surface area contributed by atoms with E-state index >= 15 is 0 Å². The maximum absolute atomic E-state index is 12.1. The standard InChI is InChI=1S/C21H18ClN3O3S/c1-12-8-16(20(26)23-10-12)13-2-4-14(5-3-13)17-9-15(28-25-17)11-24-21(27)18-6-7-19(22)29-18/h2-8,10,15H,9,11H2,1H3,(H,23,26)(H,24,27). The molecule has 0 bridgehead atoms. The first-order chi connectivity index (χ1) is 14.0. The van der Waals surface area contributed by atoms with E-state index in [9.17, 15) is 9.59 Å². The number of nitrogens with one attached hydrogen (secondary N) is 2. The van der Waals surface area contributed by atoms with E-state index in [1.165, 1.54) is 11.3 Å². The van der Waals surface area contributed by atoms with E-state index in [-0.39, 0.29) is 17.6 Å². The zero-order valence-corrected chi connectivity index (χ0v) is 17.1. The van der Waals surface area contributed by atoms with Crippen molar-refractivity contribution in [3.63, 3.8) is 0 Å². The number of carbonyl (C=O) groups excluding carboxylic acids is 1. The molecule has 1 amide bonds. The molecule has 0 spiro atoms. The van der Waals surface area contributed by atoms with Gasteiger partial charge in [0.1, 0.15) is 6.10 Å². The lowest BCUT2D eigenvalue weighted by Crippen LogP contribution is -2.31. The summed E-state index contributed by atoms with van der Waals surface area (Å²) in [6.07, 6.45) is 2.07. The Morgan fingerprint density at radius 2 is 2.03 bits per heavy atom. The number of thiophene rings is 1. The van der Waals surface area contributed by atoms with Gasteiger partial charge >= 0.3 is 0 Å². The normalized spacial score (nSPS) is 15.7. The maximum Gasteiger partial charge on any atom is 0.261 e. The van der Waals surface area contributed by atoms with Crippen LogP contribution in [0.25, 0.3) is 11.1 Å². The third-order valence-corrected chi connectivity index (χ3v) is 5.83. The Balaban J connectivity index is 1.37. The monoisotopic (exact) mass is 427 g/mol. The molecule has 4 rings (SSSR count). The fourth-order valence-corrected chi connectivity index (χ4v) is 4.05. The summed E-state index contributed by atoms with van der Waals surface area (Å²) >= 11 is 7.10. The van der Waals surface area contributed by atoms with Crippen molar-refractivity contribution < 1.29 is 9.63 Å². The third-order valence-electron chi connectivity index (χ3n) is 4.60. The van der Waals surface area contributed by atoms with Crippen molar-refractivity contribution in [1.29, 1.82) is 0 Å². The number of carbonyl (C=O) groups is 1. The molecule has 1 atom stereocenters. The van der Waals surface area contributed by atoms with Gasteiger partial charge in [-0.05, 0) is 41.8 Å². The number of nitrogens with zero attached hydrogens (tertiary/aromatic N) is 1. The number of pyridine rings is 1. The first-order valence-electron chi connectivity index (χ1n) is 9.06. The fourth-order valence-electron chi connectivity index (χ4n) is 3.09. The van der Waals surface area contributed by atoms with E-state index in [1.54, 1.807) is 18.3 Å². The predicted octanol–water partition coefficient (Wildman–Crippen LogP) is 3.99. The molecule has 3 heterocycles. The first kappa shape index (κ1) is 19.4. The van der Waals surface area contributed by atoms with Crippen LogP contribution in [0.1, 0.15) is 27.2 Å². The summed E-state index contributed by atoms with van der Waals surface area (Å²) < 4.78 is 0.578. The molecule has 0 fully saturated rings. The number of aromatic nitrogens is 1. The molecular weight excluding hydrogens is 410 g/mol. The summed E-state index contributed by atoms with van der Waals surface area (Å²) in [5.74, 6) is -0.174. The van der Waals surface area contributed by atoms with Gasteiger partial charge in [-0.2, -0.15) is 0 Å². The Bertz CT molecular complexity index is 1130. The lowest BCUT2D eigenvalue weighted by molar-refractivity contribution is 0.0755. The van der Waals surface area contributed by atoms with Gasteiger partial charge in [-0.15, -0.1) is 11.3 Å². The second-order valence-corrected chi connectivity index (χ2v) is 8.50. The number of halogens is 1. The molecule has 0 radical (unpaired) electrons. The first-order valence-corrected chi connectivity index (χ1v) is 10.3. The highest BCUT2D eigenvalue weighted by Gasteiger charge is 2.23. The Morgan fingerprint density at radius 1 is 1.28 bits per heavy atom. The second kappa shape index (κ2) is 8.23. The highest BCUT2D eigenvalue weighted by Crippen LogP contribution is 2.22. The van der Waals surface area contributed by atoms with Gasteiger partial charge in [0, 0.05) is 18.2 Å². The SMILES string of the molecule is Cc1c[nH]c(=O)c(-c2ccc(C3=NOC(CNC(=O)c4ccc(Cl)s4)C3)cc2)c1. The molecule has 1 aliphatic heterocycles. The smallest absolute Gasteiger partial charge is 0.261 e. The molecule has 0 saturated heterocycles. The Hall–Kier alpha value is -2.90. The van der Waals surface area contributed by atoms with E-state index in [1.807, 2.05) is 37.3 Å². The molecule has 6 nitrogen and oxygen atoms in total. The van der Waals surface area contributed by atoms with Gasteiger partial charge < -0.3 is 15.1 Å². The maximum atomic E-state index is 12.1. The number of oxime groups is 1. The highest BCUT2D eigenvalue weighted by molar-refractivity contribution is 7.18. The molecule has 1 aromatic carbocycles. The van der Waals surface area contributed by atoms with Crippen molar-refractivity contribution in [3.8, 4) is 11.1 Å². The summed E-state index contributed by atoms with van der Waals surface area (Å²) in [5, 5.41) is 7.00. The number of rotatable bonds is 5. The van der Waals surface area contributed by atoms with E-state index in [0.29, 0.717) is 27.7 Å². The molecule has 3 aromatic rings. The Kier molecular flexibility index (Phi) is 5.51. The number of aryl methyl sites for hydroxylation is 1. The van der Waals surface area contributed by atoms with Crippen molar-refractivity contribution in [3.05, 3.63) is 79.4 Å². The molecule has 1 aliphatic rings. The second-order valence-electron chi connectivity index (χ2n) is 6.78. The largest absolute Gasteiger partial charge is 0.390 e. The summed E-state index contributed by atoms with van der Waals surface area (Å²) in [7, 11) is 0. The van der Waals surface area contributed by atoms with Crippen molar-refractivity contribution in [2.45, 2.75) is 19.4 Å². The van der Waals surface area contributed by atoms with Crippen molar-refractivity contribution in [1.82, 2.24) is 10.3 Å². The molecule has 2 aromatic heterocycles. The van der Waals surface area contributed by atoms with Crippen LogP contribution in [0, 0.1) is 6.92 Å². The molecule has 29 heavy (non-hydrogen) atoms. The molecule has 148 valence electrons. The van der Waals surface area contributed by atoms with Gasteiger partial charge in [0.15, 0.2) is 0 Å². The minimum Gasteiger partial charge on any atom is -0.390 e. The van der Waals surface area contributed by atoms with E-state index < -0.39 is 0 Å². The molecular formula is C21H18ClN3O3S. The van der Waals surface area contributed by atoms with Crippen LogP contribution in [-0.2, 0) is 4.84 Å². The molecule has 0 saturated carbocycles. The highest BCUT2D eigenvalue weighted by atomic mass is 35.5. The number of amides is 1. The van der Waals surface area contributed by atoms with E-state index in [0.717, 1.165) is 22.4 Å². The average Bonchev–Trinajstić information content (AvgIpc) is 3.37. The number of benzene rings is 1. The number of aromatic amines is 1. The number of H-pyrrole nitrogens is 1. The van der Waals surface area contributed by atoms with E-state index in [4.69, 9.17) is 16.4 Å². The van der Waals surface area contributed by atoms with Gasteiger partial charge in [-0.3, -0.25) is 9.59 Å². The summed E-state index contributed by atoms with van der Waals surface area (Å²) in [4.78, 5) is 32.9. The molecule has 8 heteroatoms. The molecule has 0 aliphatic carbocycles. The van der Waals surface area contributed by atoms with Crippen molar-refractivity contribution in [2.75, 3.05) is 6.54 Å². The fraction of sp³-hybridized carbons (Fsp3) is 0.190. The Labute approximate surface area is 176 Å². The topological polar surface area (TPSA) is 83.6 Å². The molecule has 2 N–H and O–H groups in total. The Morgan fingerprint density at radius 3 is 2.76 bits per heavy atom. The van der Waals surface area contributed by atoms with Gasteiger partial charge in [0.05, 0.1) is 21.5 Å². The minimum atomic E-state index is -0.219. The van der Waals surface area contributed by atoms with Crippen LogP contribution >= 0.6 is 22.9 Å². The zero-order chi connectivity index (χ0) is 20.4. The summed E-state index contributed by atoms with van der Waals surface area (Å²) in [5.41, 5.74) is 4.09. The van der Waals surface area contributed by atoms with Gasteiger partial charge in [-0.25, -0.2) is 0 Å². The quantitative estimate of drug-likeness (QED) is 0.645.